The van der Waals surface area contributed by atoms with Gasteiger partial charge in [-0.05, 0) is 43.1 Å². The summed E-state index contributed by atoms with van der Waals surface area (Å²) >= 11 is 0. The third-order valence-electron chi connectivity index (χ3n) is 4.59. The lowest BCUT2D eigenvalue weighted by Gasteiger charge is -2.21. The fraction of sp³-hybridized carbons (Fsp3) is 0.600. The summed E-state index contributed by atoms with van der Waals surface area (Å²) in [5.74, 6) is 2.83. The maximum atomic E-state index is 13.5. The van der Waals surface area contributed by atoms with Gasteiger partial charge in [-0.1, -0.05) is 12.5 Å². The van der Waals surface area contributed by atoms with Crippen LogP contribution in [0.4, 0.5) is 4.39 Å². The Labute approximate surface area is 107 Å². The van der Waals surface area contributed by atoms with Crippen molar-refractivity contribution in [2.75, 3.05) is 6.61 Å². The van der Waals surface area contributed by atoms with Crippen molar-refractivity contribution < 1.29 is 9.13 Å². The topological polar surface area (TPSA) is 35.2 Å². The molecule has 2 bridgehead atoms. The van der Waals surface area contributed by atoms with Crippen LogP contribution in [0, 0.1) is 23.6 Å². The maximum absolute atomic E-state index is 13.5. The number of benzene rings is 1. The highest BCUT2D eigenvalue weighted by atomic mass is 19.1. The van der Waals surface area contributed by atoms with Crippen molar-refractivity contribution in [3.8, 4) is 5.75 Å². The highest BCUT2D eigenvalue weighted by Crippen LogP contribution is 2.48. The summed E-state index contributed by atoms with van der Waals surface area (Å²) < 4.78 is 19.3. The standard InChI is InChI=1S/C15H20FNO/c16-15-7-14(4-3-12(15)8-17)18-9-13-6-10-1-2-11(13)5-10/h3-4,7,10-11,13H,1-2,5-6,8-9,17H2. The third-order valence-corrected chi connectivity index (χ3v) is 4.59. The van der Waals surface area contributed by atoms with Crippen LogP contribution in [0.1, 0.15) is 31.2 Å². The van der Waals surface area contributed by atoms with Gasteiger partial charge < -0.3 is 10.5 Å². The molecular weight excluding hydrogens is 229 g/mol. The number of hydrogen-bond donors (Lipinski definition) is 1. The van der Waals surface area contributed by atoms with Crippen molar-refractivity contribution in [2.45, 2.75) is 32.2 Å². The summed E-state index contributed by atoms with van der Waals surface area (Å²) in [6, 6.07) is 4.99. The zero-order chi connectivity index (χ0) is 12.5. The van der Waals surface area contributed by atoms with Crippen molar-refractivity contribution in [3.05, 3.63) is 29.6 Å². The Morgan fingerprint density at radius 3 is 2.78 bits per heavy atom. The molecular formula is C15H20FNO. The minimum absolute atomic E-state index is 0.235. The van der Waals surface area contributed by atoms with Crippen molar-refractivity contribution in [1.82, 2.24) is 0 Å². The first kappa shape index (κ1) is 12.0. The lowest BCUT2D eigenvalue weighted by molar-refractivity contribution is 0.194. The minimum Gasteiger partial charge on any atom is -0.493 e. The fourth-order valence-corrected chi connectivity index (χ4v) is 3.57. The Hall–Kier alpha value is -1.09. The van der Waals surface area contributed by atoms with Gasteiger partial charge in [-0.3, -0.25) is 0 Å². The summed E-state index contributed by atoms with van der Waals surface area (Å²) in [5, 5.41) is 0. The first-order chi connectivity index (χ1) is 8.76. The van der Waals surface area contributed by atoms with Gasteiger partial charge in [0, 0.05) is 18.2 Å². The van der Waals surface area contributed by atoms with E-state index in [0.717, 1.165) is 18.4 Å². The molecule has 98 valence electrons. The largest absolute Gasteiger partial charge is 0.493 e. The lowest BCUT2D eigenvalue weighted by Crippen LogP contribution is -2.18. The van der Waals surface area contributed by atoms with Gasteiger partial charge >= 0.3 is 0 Å². The van der Waals surface area contributed by atoms with Crippen LogP contribution in [0.3, 0.4) is 0 Å². The molecule has 2 aliphatic rings. The summed E-state index contributed by atoms with van der Waals surface area (Å²) in [5.41, 5.74) is 5.98. The molecule has 2 nitrogen and oxygen atoms in total. The molecule has 2 fully saturated rings. The first-order valence-corrected chi connectivity index (χ1v) is 6.87. The molecule has 1 aromatic carbocycles. The highest BCUT2D eigenvalue weighted by Gasteiger charge is 2.39. The Morgan fingerprint density at radius 1 is 1.28 bits per heavy atom. The molecule has 2 saturated carbocycles. The van der Waals surface area contributed by atoms with E-state index >= 15 is 0 Å². The van der Waals surface area contributed by atoms with Gasteiger partial charge in [0.2, 0.25) is 0 Å². The maximum Gasteiger partial charge on any atom is 0.131 e. The molecule has 0 aliphatic heterocycles. The van der Waals surface area contributed by atoms with Gasteiger partial charge in [0.25, 0.3) is 0 Å². The molecule has 18 heavy (non-hydrogen) atoms. The molecule has 0 heterocycles. The first-order valence-electron chi connectivity index (χ1n) is 6.87. The van der Waals surface area contributed by atoms with E-state index in [1.807, 2.05) is 6.07 Å². The van der Waals surface area contributed by atoms with E-state index in [1.165, 1.54) is 31.7 Å². The van der Waals surface area contributed by atoms with Gasteiger partial charge in [-0.25, -0.2) is 4.39 Å². The molecule has 3 rings (SSSR count). The van der Waals surface area contributed by atoms with Gasteiger partial charge in [0.1, 0.15) is 11.6 Å². The van der Waals surface area contributed by atoms with E-state index in [0.29, 0.717) is 17.2 Å². The van der Waals surface area contributed by atoms with E-state index in [1.54, 1.807) is 6.07 Å². The zero-order valence-corrected chi connectivity index (χ0v) is 10.6. The SMILES string of the molecule is NCc1ccc(OCC2CC3CCC2C3)cc1F. The molecule has 0 amide bonds. The number of hydrogen-bond acceptors (Lipinski definition) is 2. The van der Waals surface area contributed by atoms with Crippen molar-refractivity contribution in [2.24, 2.45) is 23.5 Å². The van der Waals surface area contributed by atoms with E-state index in [2.05, 4.69) is 0 Å². The van der Waals surface area contributed by atoms with Gasteiger partial charge in [-0.2, -0.15) is 0 Å². The monoisotopic (exact) mass is 249 g/mol. The Kier molecular flexibility index (Phi) is 3.25. The Bertz CT molecular complexity index is 435. The Morgan fingerprint density at radius 2 is 2.17 bits per heavy atom. The predicted octanol–water partition coefficient (Wildman–Crippen LogP) is 3.10. The zero-order valence-electron chi connectivity index (χ0n) is 10.6. The number of nitrogens with two attached hydrogens (primary N) is 1. The van der Waals surface area contributed by atoms with E-state index in [9.17, 15) is 4.39 Å². The quantitative estimate of drug-likeness (QED) is 0.890. The van der Waals surface area contributed by atoms with Crippen molar-refractivity contribution in [1.29, 1.82) is 0 Å². The van der Waals surface area contributed by atoms with E-state index < -0.39 is 0 Å². The van der Waals surface area contributed by atoms with E-state index in [4.69, 9.17) is 10.5 Å². The summed E-state index contributed by atoms with van der Waals surface area (Å²) in [6.07, 6.45) is 5.45. The normalized spacial score (nSPS) is 29.8. The third kappa shape index (κ3) is 2.24. The molecule has 0 spiro atoms. The molecule has 3 atom stereocenters. The second-order valence-corrected chi connectivity index (χ2v) is 5.70. The van der Waals surface area contributed by atoms with Crippen LogP contribution in [-0.4, -0.2) is 6.61 Å². The van der Waals surface area contributed by atoms with Crippen molar-refractivity contribution in [3.63, 3.8) is 0 Å². The molecule has 0 radical (unpaired) electrons. The van der Waals surface area contributed by atoms with Crippen LogP contribution in [0.25, 0.3) is 0 Å². The number of ether oxygens (including phenoxy) is 1. The molecule has 3 unspecified atom stereocenters. The number of rotatable bonds is 4. The molecule has 3 heteroatoms. The number of halogens is 1. The summed E-state index contributed by atoms with van der Waals surface area (Å²) in [6.45, 7) is 0.973. The molecule has 2 aliphatic carbocycles. The Balaban J connectivity index is 1.58. The molecule has 1 aromatic rings. The summed E-state index contributed by atoms with van der Waals surface area (Å²) in [7, 11) is 0. The molecule has 0 saturated heterocycles. The highest BCUT2D eigenvalue weighted by molar-refractivity contribution is 5.28. The van der Waals surface area contributed by atoms with Crippen LogP contribution < -0.4 is 10.5 Å². The average molecular weight is 249 g/mol. The van der Waals surface area contributed by atoms with Crippen LogP contribution in [0.5, 0.6) is 5.75 Å². The summed E-state index contributed by atoms with van der Waals surface area (Å²) in [4.78, 5) is 0. The van der Waals surface area contributed by atoms with Gasteiger partial charge in [-0.15, -0.1) is 0 Å². The second-order valence-electron chi connectivity index (χ2n) is 5.70. The average Bonchev–Trinajstić information content (AvgIpc) is 2.98. The fourth-order valence-electron chi connectivity index (χ4n) is 3.57. The molecule has 2 N–H and O–H groups in total. The van der Waals surface area contributed by atoms with Crippen LogP contribution in [-0.2, 0) is 6.54 Å². The van der Waals surface area contributed by atoms with Crippen LogP contribution >= 0.6 is 0 Å². The lowest BCUT2D eigenvalue weighted by atomic mass is 9.89. The van der Waals surface area contributed by atoms with E-state index in [-0.39, 0.29) is 12.4 Å². The predicted molar refractivity (Wildman–Crippen MR) is 68.7 cm³/mol. The number of fused-ring (bicyclic) bond motifs is 2. The van der Waals surface area contributed by atoms with Crippen LogP contribution in [0.2, 0.25) is 0 Å². The molecule has 0 aromatic heterocycles. The minimum atomic E-state index is -0.261. The van der Waals surface area contributed by atoms with Crippen LogP contribution in [0.15, 0.2) is 18.2 Å². The van der Waals surface area contributed by atoms with Gasteiger partial charge in [0.15, 0.2) is 0 Å². The smallest absolute Gasteiger partial charge is 0.131 e. The van der Waals surface area contributed by atoms with Crippen molar-refractivity contribution >= 4 is 0 Å². The second kappa shape index (κ2) is 4.88. The van der Waals surface area contributed by atoms with Gasteiger partial charge in [0.05, 0.1) is 6.61 Å².